The van der Waals surface area contributed by atoms with E-state index in [1.54, 1.807) is 0 Å². The maximum Gasteiger partial charge on any atom is 0.407 e. The highest BCUT2D eigenvalue weighted by Crippen LogP contribution is 2.41. The number of hydrogen-bond acceptors (Lipinski definition) is 2. The molecule has 1 amide bonds. The molecule has 0 radical (unpaired) electrons. The van der Waals surface area contributed by atoms with Gasteiger partial charge in [0.1, 0.15) is 0 Å². The van der Waals surface area contributed by atoms with Crippen LogP contribution in [0.25, 0.3) is 0 Å². The third-order valence-corrected chi connectivity index (χ3v) is 2.91. The van der Waals surface area contributed by atoms with Gasteiger partial charge in [-0.3, -0.25) is 4.79 Å². The number of carboxylic acids is 1. The maximum atomic E-state index is 13.3. The highest BCUT2D eigenvalue weighted by molar-refractivity contribution is 5.76. The normalized spacial score (nSPS) is 28.8. The Morgan fingerprint density at radius 1 is 1.31 bits per heavy atom. The summed E-state index contributed by atoms with van der Waals surface area (Å²) in [5.41, 5.74) is -1.68. The zero-order chi connectivity index (χ0) is 12.6. The predicted molar refractivity (Wildman–Crippen MR) is 49.5 cm³/mol. The molecule has 2 N–H and O–H groups in total. The summed E-state index contributed by atoms with van der Waals surface area (Å²) in [6.45, 7) is 0.149. The van der Waals surface area contributed by atoms with Gasteiger partial charge in [-0.2, -0.15) is 0 Å². The Hall–Kier alpha value is -1.40. The number of hydrogen-bond donors (Lipinski definition) is 2. The first-order chi connectivity index (χ1) is 7.22. The molecule has 0 saturated carbocycles. The molecule has 1 aliphatic rings. The fourth-order valence-corrected chi connectivity index (χ4v) is 1.97. The maximum absolute atomic E-state index is 13.3. The topological polar surface area (TPSA) is 77.8 Å². The average molecular weight is 237 g/mol. The van der Waals surface area contributed by atoms with Crippen molar-refractivity contribution in [1.82, 2.24) is 4.90 Å². The number of halogens is 2. The van der Waals surface area contributed by atoms with Crippen molar-refractivity contribution in [3.8, 4) is 0 Å². The van der Waals surface area contributed by atoms with E-state index >= 15 is 0 Å². The molecule has 5 nitrogen and oxygen atoms in total. The van der Waals surface area contributed by atoms with Gasteiger partial charge < -0.3 is 15.1 Å². The van der Waals surface area contributed by atoms with Crippen molar-refractivity contribution in [3.63, 3.8) is 0 Å². The van der Waals surface area contributed by atoms with Gasteiger partial charge in [-0.15, -0.1) is 0 Å². The first-order valence-corrected chi connectivity index (χ1v) is 4.81. The molecule has 0 spiro atoms. The second-order valence-electron chi connectivity index (χ2n) is 4.11. The first kappa shape index (κ1) is 12.7. The Kier molecular flexibility index (Phi) is 3.07. The number of alkyl halides is 2. The minimum absolute atomic E-state index is 0.0261. The van der Waals surface area contributed by atoms with Crippen LogP contribution in [0, 0.1) is 5.41 Å². The molecule has 92 valence electrons. The van der Waals surface area contributed by atoms with Crippen molar-refractivity contribution >= 4 is 12.1 Å². The van der Waals surface area contributed by atoms with E-state index < -0.39 is 36.4 Å². The Labute approximate surface area is 90.7 Å². The number of likely N-dealkylation sites (tertiary alicyclic amines) is 1. The van der Waals surface area contributed by atoms with Gasteiger partial charge in [-0.1, -0.05) is 6.92 Å². The minimum Gasteiger partial charge on any atom is -0.481 e. The van der Waals surface area contributed by atoms with Crippen LogP contribution in [-0.4, -0.2) is 46.2 Å². The molecule has 1 saturated heterocycles. The van der Waals surface area contributed by atoms with E-state index in [0.717, 1.165) is 0 Å². The van der Waals surface area contributed by atoms with E-state index in [9.17, 15) is 18.4 Å². The van der Waals surface area contributed by atoms with Crippen LogP contribution >= 0.6 is 0 Å². The number of carboxylic acid groups (broad SMARTS) is 2. The lowest BCUT2D eigenvalue weighted by Crippen LogP contribution is -2.56. The zero-order valence-corrected chi connectivity index (χ0v) is 8.74. The van der Waals surface area contributed by atoms with E-state index in [4.69, 9.17) is 10.2 Å². The van der Waals surface area contributed by atoms with E-state index in [2.05, 4.69) is 0 Å². The summed E-state index contributed by atoms with van der Waals surface area (Å²) in [5, 5.41) is 17.6. The molecule has 0 bridgehead atoms. The smallest absolute Gasteiger partial charge is 0.407 e. The molecule has 1 fully saturated rings. The number of carbonyl (C=O) groups is 2. The van der Waals surface area contributed by atoms with Gasteiger partial charge in [-0.05, 0) is 6.42 Å². The van der Waals surface area contributed by atoms with Gasteiger partial charge in [0.25, 0.3) is 5.92 Å². The Morgan fingerprint density at radius 2 is 1.88 bits per heavy atom. The Bertz CT molecular complexity index is 321. The number of piperidine rings is 1. The molecule has 1 heterocycles. The van der Waals surface area contributed by atoms with Gasteiger partial charge in [0.2, 0.25) is 0 Å². The van der Waals surface area contributed by atoms with Crippen LogP contribution in [-0.2, 0) is 4.79 Å². The molecule has 1 aliphatic heterocycles. The van der Waals surface area contributed by atoms with Crippen LogP contribution in [0.15, 0.2) is 0 Å². The van der Waals surface area contributed by atoms with Crippen molar-refractivity contribution in [3.05, 3.63) is 0 Å². The van der Waals surface area contributed by atoms with Crippen LogP contribution in [0.1, 0.15) is 19.8 Å². The fraction of sp³-hybridized carbons (Fsp3) is 0.778. The summed E-state index contributed by atoms with van der Waals surface area (Å²) < 4.78 is 26.6. The van der Waals surface area contributed by atoms with Gasteiger partial charge in [0.15, 0.2) is 0 Å². The SMILES string of the molecule is CCC1(C(=O)O)CN(C(=O)O)CC(F)(F)C1. The van der Waals surface area contributed by atoms with Crippen LogP contribution in [0.3, 0.4) is 0 Å². The van der Waals surface area contributed by atoms with E-state index in [1.165, 1.54) is 6.92 Å². The second-order valence-corrected chi connectivity index (χ2v) is 4.11. The van der Waals surface area contributed by atoms with Crippen LogP contribution in [0.2, 0.25) is 0 Å². The molecule has 7 heteroatoms. The second kappa shape index (κ2) is 3.88. The number of aliphatic carboxylic acids is 1. The number of amides is 1. The summed E-state index contributed by atoms with van der Waals surface area (Å²) in [5.74, 6) is -4.66. The van der Waals surface area contributed by atoms with E-state index in [-0.39, 0.29) is 13.0 Å². The van der Waals surface area contributed by atoms with Gasteiger partial charge >= 0.3 is 12.1 Å². The van der Waals surface area contributed by atoms with Crippen molar-refractivity contribution in [1.29, 1.82) is 0 Å². The quantitative estimate of drug-likeness (QED) is 0.762. The third kappa shape index (κ3) is 2.23. The molecule has 1 rings (SSSR count). The summed E-state index contributed by atoms with van der Waals surface area (Å²) in [7, 11) is 0. The fourth-order valence-electron chi connectivity index (χ4n) is 1.97. The predicted octanol–water partition coefficient (Wildman–Crippen LogP) is 1.49. The standard InChI is InChI=1S/C9H13F2NO4/c1-2-8(6(13)14)3-9(10,11)5-12(4-8)7(15)16/h2-5H2,1H3,(H,13,14)(H,15,16). The zero-order valence-electron chi connectivity index (χ0n) is 8.74. The van der Waals surface area contributed by atoms with Crippen LogP contribution in [0.4, 0.5) is 13.6 Å². The molecule has 0 aromatic carbocycles. The highest BCUT2D eigenvalue weighted by atomic mass is 19.3. The van der Waals surface area contributed by atoms with Crippen LogP contribution in [0.5, 0.6) is 0 Å². The molecular formula is C9H13F2NO4. The van der Waals surface area contributed by atoms with Crippen molar-refractivity contribution in [2.24, 2.45) is 5.41 Å². The first-order valence-electron chi connectivity index (χ1n) is 4.81. The lowest BCUT2D eigenvalue weighted by molar-refractivity contribution is -0.167. The minimum atomic E-state index is -3.29. The van der Waals surface area contributed by atoms with Gasteiger partial charge in [0, 0.05) is 13.0 Å². The van der Waals surface area contributed by atoms with Crippen molar-refractivity contribution in [2.45, 2.75) is 25.7 Å². The Balaban J connectivity index is 3.03. The Morgan fingerprint density at radius 3 is 2.25 bits per heavy atom. The molecule has 0 aromatic heterocycles. The van der Waals surface area contributed by atoms with Crippen molar-refractivity contribution < 1.29 is 28.6 Å². The highest BCUT2D eigenvalue weighted by Gasteiger charge is 2.53. The number of nitrogens with zero attached hydrogens (tertiary/aromatic N) is 1. The van der Waals surface area contributed by atoms with Crippen LogP contribution < -0.4 is 0 Å². The molecule has 1 atom stereocenters. The average Bonchev–Trinajstić information content (AvgIpc) is 2.14. The summed E-state index contributed by atoms with van der Waals surface area (Å²) in [4.78, 5) is 22.2. The summed E-state index contributed by atoms with van der Waals surface area (Å²) >= 11 is 0. The monoisotopic (exact) mass is 237 g/mol. The third-order valence-electron chi connectivity index (χ3n) is 2.91. The molecular weight excluding hydrogens is 224 g/mol. The molecule has 1 unspecified atom stereocenters. The van der Waals surface area contributed by atoms with E-state index in [0.29, 0.717) is 4.90 Å². The van der Waals surface area contributed by atoms with E-state index in [1.807, 2.05) is 0 Å². The van der Waals surface area contributed by atoms with Crippen molar-refractivity contribution in [2.75, 3.05) is 13.1 Å². The molecule has 0 aliphatic carbocycles. The van der Waals surface area contributed by atoms with Gasteiger partial charge in [0.05, 0.1) is 12.0 Å². The molecule has 16 heavy (non-hydrogen) atoms. The molecule has 0 aromatic rings. The lowest BCUT2D eigenvalue weighted by Gasteiger charge is -2.41. The van der Waals surface area contributed by atoms with Gasteiger partial charge in [-0.25, -0.2) is 13.6 Å². The largest absolute Gasteiger partial charge is 0.481 e. The summed E-state index contributed by atoms with van der Waals surface area (Å²) in [6, 6.07) is 0. The lowest BCUT2D eigenvalue weighted by atomic mass is 9.76. The summed E-state index contributed by atoms with van der Waals surface area (Å²) in [6.07, 6.45) is -2.35. The number of rotatable bonds is 2.